The maximum atomic E-state index is 11.7. The van der Waals surface area contributed by atoms with Gasteiger partial charge in [-0.05, 0) is 55.5 Å². The van der Waals surface area contributed by atoms with Gasteiger partial charge in [0.25, 0.3) is 0 Å². The number of allylic oxidation sites excluding steroid dienone is 4. The van der Waals surface area contributed by atoms with E-state index >= 15 is 0 Å². The first-order valence-electron chi connectivity index (χ1n) is 7.84. The third-order valence-electron chi connectivity index (χ3n) is 3.58. The second-order valence-corrected chi connectivity index (χ2v) is 5.64. The van der Waals surface area contributed by atoms with Gasteiger partial charge in [0.1, 0.15) is 11.6 Å². The van der Waals surface area contributed by atoms with Crippen LogP contribution >= 0.6 is 11.6 Å². The van der Waals surface area contributed by atoms with Gasteiger partial charge in [0.15, 0.2) is 0 Å². The van der Waals surface area contributed by atoms with Crippen LogP contribution in [0.15, 0.2) is 64.4 Å². The quantitative estimate of drug-likeness (QED) is 0.479. The van der Waals surface area contributed by atoms with Crippen molar-refractivity contribution in [2.75, 3.05) is 11.9 Å². The molecule has 1 aromatic rings. The summed E-state index contributed by atoms with van der Waals surface area (Å²) in [7, 11) is 0. The van der Waals surface area contributed by atoms with Gasteiger partial charge in [-0.25, -0.2) is 4.79 Å². The molecule has 0 unspecified atom stereocenters. The van der Waals surface area contributed by atoms with Gasteiger partial charge in [0.2, 0.25) is 0 Å². The van der Waals surface area contributed by atoms with Crippen LogP contribution in [0.2, 0.25) is 0 Å². The molecule has 0 saturated heterocycles. The number of anilines is 1. The number of nitrogens with one attached hydrogen (secondary N) is 1. The van der Waals surface area contributed by atoms with E-state index in [1.807, 2.05) is 42.6 Å². The van der Waals surface area contributed by atoms with Crippen LogP contribution in [0, 0.1) is 11.3 Å². The molecule has 0 amide bonds. The van der Waals surface area contributed by atoms with Crippen molar-refractivity contribution in [3.63, 3.8) is 0 Å². The normalized spacial score (nSPS) is 16.7. The molecule has 124 valence electrons. The number of halogens is 1. The average Bonchev–Trinajstić information content (AvgIpc) is 2.61. The van der Waals surface area contributed by atoms with E-state index in [4.69, 9.17) is 21.6 Å². The summed E-state index contributed by atoms with van der Waals surface area (Å²) in [6.45, 7) is 1.94. The van der Waals surface area contributed by atoms with Crippen molar-refractivity contribution >= 4 is 23.3 Å². The molecule has 0 aromatic heterocycles. The largest absolute Gasteiger partial charge is 0.462 e. The molecule has 0 atom stereocenters. The molecule has 0 radical (unpaired) electrons. The van der Waals surface area contributed by atoms with E-state index in [2.05, 4.69) is 5.32 Å². The van der Waals surface area contributed by atoms with Crippen LogP contribution in [0.3, 0.4) is 0 Å². The summed E-state index contributed by atoms with van der Waals surface area (Å²) in [5.74, 6) is -0.615. The highest BCUT2D eigenvalue weighted by molar-refractivity contribution is 6.32. The number of benzene rings is 1. The predicted molar refractivity (Wildman–Crippen MR) is 95.2 cm³/mol. The molecule has 0 saturated carbocycles. The lowest BCUT2D eigenvalue weighted by atomic mass is 9.94. The molecule has 1 N–H and O–H groups in total. The first kappa shape index (κ1) is 17.8. The second kappa shape index (κ2) is 8.95. The lowest BCUT2D eigenvalue weighted by Gasteiger charge is -2.17. The Balaban J connectivity index is 2.23. The second-order valence-electron chi connectivity index (χ2n) is 5.26. The first-order chi connectivity index (χ1) is 11.7. The molecule has 0 fully saturated rings. The number of nitrogens with zero attached hydrogens (tertiary/aromatic N) is 1. The number of hydrogen-bond acceptors (Lipinski definition) is 4. The van der Waals surface area contributed by atoms with E-state index in [1.165, 1.54) is 6.08 Å². The van der Waals surface area contributed by atoms with E-state index in [0.717, 1.165) is 36.1 Å². The maximum Gasteiger partial charge on any atom is 0.348 e. The molecule has 1 aromatic carbocycles. The number of hydrogen-bond donors (Lipinski definition) is 1. The summed E-state index contributed by atoms with van der Waals surface area (Å²) in [6.07, 6.45) is 5.90. The van der Waals surface area contributed by atoms with E-state index < -0.39 is 5.97 Å². The Morgan fingerprint density at radius 2 is 2.12 bits per heavy atom. The smallest absolute Gasteiger partial charge is 0.348 e. The molecule has 5 heteroatoms. The number of carbonyl (C=O) groups is 1. The number of para-hydroxylation sites is 1. The standard InChI is InChI=1S/C19H19ClN2O2/c1-2-24-19(23)16(12-21)11-14-7-6-8-15(18(14)20)13-22-17-9-4-3-5-10-17/h3-5,9-11,13,22H,2,6-8H2,1H3/b15-13-,16-11-. The third-order valence-corrected chi connectivity index (χ3v) is 4.06. The van der Waals surface area contributed by atoms with Crippen LogP contribution in [-0.4, -0.2) is 12.6 Å². The lowest BCUT2D eigenvalue weighted by molar-refractivity contribution is -0.138. The Hall–Kier alpha value is -2.51. The minimum atomic E-state index is -0.615. The van der Waals surface area contributed by atoms with Crippen molar-refractivity contribution in [3.05, 3.63) is 64.4 Å². The van der Waals surface area contributed by atoms with Crippen molar-refractivity contribution in [3.8, 4) is 6.07 Å². The van der Waals surface area contributed by atoms with Crippen molar-refractivity contribution in [1.29, 1.82) is 5.26 Å². The zero-order chi connectivity index (χ0) is 17.4. The molecule has 1 aliphatic rings. The Morgan fingerprint density at radius 3 is 2.79 bits per heavy atom. The van der Waals surface area contributed by atoms with Gasteiger partial charge in [0.05, 0.1) is 6.61 Å². The van der Waals surface area contributed by atoms with Crippen molar-refractivity contribution in [1.82, 2.24) is 0 Å². The van der Waals surface area contributed by atoms with Gasteiger partial charge in [-0.15, -0.1) is 0 Å². The van der Waals surface area contributed by atoms with Crippen LogP contribution in [0.4, 0.5) is 5.69 Å². The van der Waals surface area contributed by atoms with Crippen molar-refractivity contribution < 1.29 is 9.53 Å². The fraction of sp³-hybridized carbons (Fsp3) is 0.263. The molecular formula is C19H19ClN2O2. The number of carbonyl (C=O) groups excluding carboxylic acids is 1. The Kier molecular flexibility index (Phi) is 6.65. The Bertz CT molecular complexity index is 727. The zero-order valence-electron chi connectivity index (χ0n) is 13.5. The van der Waals surface area contributed by atoms with Gasteiger partial charge in [-0.3, -0.25) is 0 Å². The van der Waals surface area contributed by atoms with E-state index in [9.17, 15) is 4.79 Å². The van der Waals surface area contributed by atoms with Crippen LogP contribution in [-0.2, 0) is 9.53 Å². The van der Waals surface area contributed by atoms with E-state index in [0.29, 0.717) is 5.03 Å². The number of ether oxygens (including phenoxy) is 1. The predicted octanol–water partition coefficient (Wildman–Crippen LogP) is 4.67. The molecule has 0 aliphatic heterocycles. The monoisotopic (exact) mass is 342 g/mol. The van der Waals surface area contributed by atoms with Crippen LogP contribution in [0.5, 0.6) is 0 Å². The highest BCUT2D eigenvalue weighted by Crippen LogP contribution is 2.33. The number of rotatable bonds is 5. The number of nitriles is 1. The Morgan fingerprint density at radius 1 is 1.38 bits per heavy atom. The fourth-order valence-corrected chi connectivity index (χ4v) is 2.69. The Labute approximate surface area is 147 Å². The molecular weight excluding hydrogens is 324 g/mol. The first-order valence-corrected chi connectivity index (χ1v) is 8.22. The van der Waals surface area contributed by atoms with Crippen LogP contribution < -0.4 is 5.32 Å². The average molecular weight is 343 g/mol. The maximum absolute atomic E-state index is 11.7. The lowest BCUT2D eigenvalue weighted by Crippen LogP contribution is -2.08. The molecule has 1 aliphatic carbocycles. The molecule has 24 heavy (non-hydrogen) atoms. The van der Waals surface area contributed by atoms with Gasteiger partial charge < -0.3 is 10.1 Å². The van der Waals surface area contributed by atoms with Crippen molar-refractivity contribution in [2.45, 2.75) is 26.2 Å². The van der Waals surface area contributed by atoms with Gasteiger partial charge >= 0.3 is 5.97 Å². The minimum Gasteiger partial charge on any atom is -0.462 e. The topological polar surface area (TPSA) is 62.1 Å². The zero-order valence-corrected chi connectivity index (χ0v) is 14.3. The summed E-state index contributed by atoms with van der Waals surface area (Å²) in [5, 5.41) is 12.9. The van der Waals surface area contributed by atoms with Crippen LogP contribution in [0.25, 0.3) is 0 Å². The summed E-state index contributed by atoms with van der Waals surface area (Å²) < 4.78 is 4.88. The molecule has 0 heterocycles. The molecule has 2 rings (SSSR count). The minimum absolute atomic E-state index is 0.0257. The van der Waals surface area contributed by atoms with Gasteiger partial charge in [-0.2, -0.15) is 5.26 Å². The summed E-state index contributed by atoms with van der Waals surface area (Å²) in [5.41, 5.74) is 2.69. The van der Waals surface area contributed by atoms with Gasteiger partial charge in [-0.1, -0.05) is 29.8 Å². The summed E-state index contributed by atoms with van der Waals surface area (Å²) in [6, 6.07) is 11.7. The fourth-order valence-electron chi connectivity index (χ4n) is 2.39. The highest BCUT2D eigenvalue weighted by atomic mass is 35.5. The molecule has 0 spiro atoms. The SMILES string of the molecule is CCOC(=O)/C(C#N)=C\C1=C(Cl)C(=C\Nc2ccccc2)/CCC1. The number of esters is 1. The molecule has 4 nitrogen and oxygen atoms in total. The van der Waals surface area contributed by atoms with Crippen molar-refractivity contribution in [2.24, 2.45) is 0 Å². The van der Waals surface area contributed by atoms with E-state index in [1.54, 1.807) is 6.92 Å². The summed E-state index contributed by atoms with van der Waals surface area (Å²) in [4.78, 5) is 11.7. The highest BCUT2D eigenvalue weighted by Gasteiger charge is 2.17. The summed E-state index contributed by atoms with van der Waals surface area (Å²) >= 11 is 6.46. The third kappa shape index (κ3) is 4.74. The van der Waals surface area contributed by atoms with E-state index in [-0.39, 0.29) is 12.2 Å². The molecule has 0 bridgehead atoms. The van der Waals surface area contributed by atoms with Gasteiger partial charge in [0, 0.05) is 16.9 Å². The van der Waals surface area contributed by atoms with Crippen LogP contribution in [0.1, 0.15) is 26.2 Å².